The molecular formula is C21H23BrClFN4O5S. The number of aryl methyl sites for hydroxylation is 1. The summed E-state index contributed by atoms with van der Waals surface area (Å²) < 4.78 is 40.0. The van der Waals surface area contributed by atoms with E-state index in [0.717, 1.165) is 6.26 Å². The molecule has 1 fully saturated rings. The smallest absolute Gasteiger partial charge is 0.338 e. The second kappa shape index (κ2) is 11.0. The first kappa shape index (κ1) is 26.4. The van der Waals surface area contributed by atoms with Crippen LogP contribution < -0.4 is 10.8 Å². The predicted octanol–water partition coefficient (Wildman–Crippen LogP) is 4.38. The van der Waals surface area contributed by atoms with Crippen LogP contribution in [0.4, 0.5) is 15.8 Å². The van der Waals surface area contributed by atoms with Crippen LogP contribution in [0.25, 0.3) is 11.0 Å². The van der Waals surface area contributed by atoms with Gasteiger partial charge < -0.3 is 19.8 Å². The summed E-state index contributed by atoms with van der Waals surface area (Å²) in [7, 11) is -1.60. The van der Waals surface area contributed by atoms with E-state index in [9.17, 15) is 18.3 Å². The normalized spacial score (nSPS) is 13.4. The fourth-order valence-electron chi connectivity index (χ4n) is 2.98. The number of sulfone groups is 1. The minimum Gasteiger partial charge on any atom is -0.478 e. The minimum atomic E-state index is -3.25. The number of carboxylic acids is 1. The molecule has 1 saturated carbocycles. The van der Waals surface area contributed by atoms with Crippen LogP contribution in [-0.4, -0.2) is 54.2 Å². The number of rotatable bonds is 8. The van der Waals surface area contributed by atoms with Crippen molar-refractivity contribution < 1.29 is 27.5 Å². The molecule has 1 aliphatic rings. The second-order valence-corrected chi connectivity index (χ2v) is 11.3. The largest absolute Gasteiger partial charge is 0.478 e. The predicted molar refractivity (Wildman–Crippen MR) is 132 cm³/mol. The molecule has 13 heteroatoms. The highest BCUT2D eigenvalue weighted by Crippen LogP contribution is 2.34. The van der Waals surface area contributed by atoms with Gasteiger partial charge in [0.1, 0.15) is 15.4 Å². The van der Waals surface area contributed by atoms with Crippen molar-refractivity contribution in [2.45, 2.75) is 25.4 Å². The van der Waals surface area contributed by atoms with Crippen molar-refractivity contribution in [2.24, 2.45) is 0 Å². The van der Waals surface area contributed by atoms with Crippen molar-refractivity contribution in [3.05, 3.63) is 51.5 Å². The number of carbonyl (C=O) groups is 1. The van der Waals surface area contributed by atoms with Crippen LogP contribution in [0.15, 0.2) is 35.1 Å². The van der Waals surface area contributed by atoms with Crippen molar-refractivity contribution in [2.75, 3.05) is 24.4 Å². The average Bonchev–Trinajstić information content (AvgIpc) is 3.47. The van der Waals surface area contributed by atoms with Crippen LogP contribution in [-0.2, 0) is 21.2 Å². The Labute approximate surface area is 209 Å². The van der Waals surface area contributed by atoms with Gasteiger partial charge in [-0.25, -0.2) is 22.6 Å². The van der Waals surface area contributed by atoms with Gasteiger partial charge in [0.05, 0.1) is 46.7 Å². The summed E-state index contributed by atoms with van der Waals surface area (Å²) in [5.41, 5.74) is 2.64. The van der Waals surface area contributed by atoms with E-state index in [1.807, 2.05) is 0 Å². The van der Waals surface area contributed by atoms with Gasteiger partial charge in [-0.2, -0.15) is 5.48 Å². The van der Waals surface area contributed by atoms with Crippen LogP contribution in [0, 0.1) is 5.82 Å². The SMILES string of the molecule is CONC1CC1.CS(=O)(=O)CCn1cnc2c(F)c(Nc3ccc(Br)cc3Cl)c(C(=O)O)cc21. The number of hydroxylamine groups is 1. The molecule has 0 aliphatic heterocycles. The zero-order chi connectivity index (χ0) is 25.0. The molecule has 2 aromatic carbocycles. The maximum atomic E-state index is 15.1. The molecule has 0 unspecified atom stereocenters. The van der Waals surface area contributed by atoms with Gasteiger partial charge in [0.15, 0.2) is 5.82 Å². The fraction of sp³-hybridized carbons (Fsp3) is 0.333. The standard InChI is InChI=1S/C17H14BrClFN3O4S.C4H9NO/c1-28(26,27)5-4-23-8-21-16-13(23)7-10(17(24)25)15(14(16)20)22-12-3-2-9(18)6-11(12)19;1-6-5-4-2-3-4/h2-3,6-8,22H,4-5H2,1H3,(H,24,25);4-5H,2-3H2,1H3. The van der Waals surface area contributed by atoms with Crippen molar-refractivity contribution in [1.29, 1.82) is 0 Å². The van der Waals surface area contributed by atoms with Crippen molar-refractivity contribution in [3.8, 4) is 0 Å². The third kappa shape index (κ3) is 6.89. The van der Waals surface area contributed by atoms with Crippen LogP contribution in [0.5, 0.6) is 0 Å². The fourth-order valence-corrected chi connectivity index (χ4v) is 4.23. The monoisotopic (exact) mass is 576 g/mol. The number of nitrogens with zero attached hydrogens (tertiary/aromatic N) is 2. The highest BCUT2D eigenvalue weighted by Gasteiger charge is 2.22. The van der Waals surface area contributed by atoms with Gasteiger partial charge in [0.2, 0.25) is 0 Å². The number of anilines is 2. The van der Waals surface area contributed by atoms with Gasteiger partial charge in [-0.15, -0.1) is 0 Å². The second-order valence-electron chi connectivity index (χ2n) is 7.70. The Kier molecular flexibility index (Phi) is 8.52. The number of hydrogen-bond acceptors (Lipinski definition) is 7. The van der Waals surface area contributed by atoms with Gasteiger partial charge in [-0.1, -0.05) is 27.5 Å². The van der Waals surface area contributed by atoms with E-state index >= 15 is 4.39 Å². The molecule has 0 saturated heterocycles. The first-order valence-electron chi connectivity index (χ1n) is 10.1. The number of hydrogen-bond donors (Lipinski definition) is 3. The molecule has 34 heavy (non-hydrogen) atoms. The van der Waals surface area contributed by atoms with Crippen LogP contribution >= 0.6 is 27.5 Å². The van der Waals surface area contributed by atoms with Crippen molar-refractivity contribution in [3.63, 3.8) is 0 Å². The molecule has 1 aliphatic carbocycles. The Morgan fingerprint density at radius 1 is 1.38 bits per heavy atom. The number of nitrogens with one attached hydrogen (secondary N) is 2. The molecule has 9 nitrogen and oxygen atoms in total. The lowest BCUT2D eigenvalue weighted by Gasteiger charge is -2.13. The topological polar surface area (TPSA) is 123 Å². The van der Waals surface area contributed by atoms with Crippen molar-refractivity contribution >= 4 is 65.7 Å². The van der Waals surface area contributed by atoms with E-state index in [1.54, 1.807) is 25.3 Å². The number of carboxylic acid groups (broad SMARTS) is 1. The summed E-state index contributed by atoms with van der Waals surface area (Å²) in [5.74, 6) is -2.41. The zero-order valence-corrected chi connectivity index (χ0v) is 21.5. The van der Waals surface area contributed by atoms with E-state index in [-0.39, 0.29) is 39.6 Å². The van der Waals surface area contributed by atoms with E-state index in [2.05, 4.69) is 36.5 Å². The lowest BCUT2D eigenvalue weighted by molar-refractivity contribution is 0.0697. The molecule has 0 bridgehead atoms. The number of benzene rings is 2. The molecule has 0 atom stereocenters. The Balaban J connectivity index is 0.000000469. The third-order valence-corrected chi connectivity index (χ3v) is 6.57. The summed E-state index contributed by atoms with van der Waals surface area (Å²) in [5, 5.41) is 12.5. The number of halogens is 3. The first-order chi connectivity index (χ1) is 16.0. The Morgan fingerprint density at radius 3 is 2.62 bits per heavy atom. The molecule has 3 aromatic rings. The molecule has 184 valence electrons. The Morgan fingerprint density at radius 2 is 2.09 bits per heavy atom. The summed E-state index contributed by atoms with van der Waals surface area (Å²) in [4.78, 5) is 20.3. The Bertz CT molecular complexity index is 1310. The highest BCUT2D eigenvalue weighted by molar-refractivity contribution is 9.10. The van der Waals surface area contributed by atoms with E-state index in [4.69, 9.17) is 11.6 Å². The maximum Gasteiger partial charge on any atom is 0.338 e. The van der Waals surface area contributed by atoms with E-state index in [0.29, 0.717) is 16.2 Å². The average molecular weight is 578 g/mol. The van der Waals surface area contributed by atoms with Crippen LogP contribution in [0.1, 0.15) is 23.2 Å². The molecule has 0 amide bonds. The molecule has 0 spiro atoms. The summed E-state index contributed by atoms with van der Waals surface area (Å²) >= 11 is 9.39. The molecule has 1 heterocycles. The maximum absolute atomic E-state index is 15.1. The molecular weight excluding hydrogens is 555 g/mol. The molecule has 4 rings (SSSR count). The lowest BCUT2D eigenvalue weighted by atomic mass is 10.1. The quantitative estimate of drug-likeness (QED) is 0.337. The van der Waals surface area contributed by atoms with Gasteiger partial charge in [-0.3, -0.25) is 0 Å². The number of imidazole rings is 1. The highest BCUT2D eigenvalue weighted by atomic mass is 79.9. The number of aromatic carboxylic acids is 1. The van der Waals surface area contributed by atoms with Crippen LogP contribution in [0.2, 0.25) is 5.02 Å². The van der Waals surface area contributed by atoms with Crippen molar-refractivity contribution in [1.82, 2.24) is 15.0 Å². The number of aromatic nitrogens is 2. The van der Waals surface area contributed by atoms with Gasteiger partial charge >= 0.3 is 5.97 Å². The molecule has 3 N–H and O–H groups in total. The third-order valence-electron chi connectivity index (χ3n) is 4.84. The summed E-state index contributed by atoms with van der Waals surface area (Å²) in [6.45, 7) is 0.0269. The summed E-state index contributed by atoms with van der Waals surface area (Å²) in [6, 6.07) is 6.76. The molecule has 1 aromatic heterocycles. The lowest BCUT2D eigenvalue weighted by Crippen LogP contribution is -2.12. The molecule has 0 radical (unpaired) electrons. The minimum absolute atomic E-state index is 0.0269. The first-order valence-corrected chi connectivity index (χ1v) is 13.3. The van der Waals surface area contributed by atoms with Crippen LogP contribution in [0.3, 0.4) is 0 Å². The number of fused-ring (bicyclic) bond motifs is 1. The van der Waals surface area contributed by atoms with Gasteiger partial charge in [-0.05, 0) is 37.1 Å². The van der Waals surface area contributed by atoms with E-state index in [1.165, 1.54) is 29.8 Å². The van der Waals surface area contributed by atoms with E-state index < -0.39 is 21.6 Å². The summed E-state index contributed by atoms with van der Waals surface area (Å²) in [6.07, 6.45) is 4.93. The zero-order valence-electron chi connectivity index (χ0n) is 18.3. The van der Waals surface area contributed by atoms with Gasteiger partial charge in [0.25, 0.3) is 0 Å². The Hall–Kier alpha value is -2.25. The van der Waals surface area contributed by atoms with Gasteiger partial charge in [0, 0.05) is 23.3 Å².